The number of hydrogen-bond acceptors (Lipinski definition) is 0. The number of hydrogen-bond donors (Lipinski definition) is 0. The summed E-state index contributed by atoms with van der Waals surface area (Å²) in [5, 5.41) is 0. The maximum atomic E-state index is 2.63. The highest BCUT2D eigenvalue weighted by molar-refractivity contribution is 5.04. The van der Waals surface area contributed by atoms with E-state index >= 15 is 0 Å². The molecule has 3 saturated carbocycles. The predicted molar refractivity (Wildman–Crippen MR) is 117 cm³/mol. The van der Waals surface area contributed by atoms with E-state index in [4.69, 9.17) is 0 Å². The van der Waals surface area contributed by atoms with Crippen LogP contribution in [-0.2, 0) is 0 Å². The van der Waals surface area contributed by atoms with Gasteiger partial charge in [-0.1, -0.05) is 82.6 Å². The second-order valence-electron chi connectivity index (χ2n) is 9.27. The molecule has 0 bridgehead atoms. The van der Waals surface area contributed by atoms with E-state index in [0.29, 0.717) is 10.8 Å². The summed E-state index contributed by atoms with van der Waals surface area (Å²) in [5.41, 5.74) is 1.28. The van der Waals surface area contributed by atoms with E-state index < -0.39 is 0 Å². The molecule has 0 heteroatoms. The largest absolute Gasteiger partial charge is 0.0683 e. The standard InChI is InChI=1S/C19H34.3C2H6/c1-13-8-10-18(3,4)16-9-11-19(5)14(2)6-7-17(19)15(16)12-13;3*1-2/h13-17H,6-12H2,1-5H3;3*1-2H3. The van der Waals surface area contributed by atoms with Gasteiger partial charge < -0.3 is 0 Å². The van der Waals surface area contributed by atoms with Crippen molar-refractivity contribution in [3.8, 4) is 0 Å². The van der Waals surface area contributed by atoms with Gasteiger partial charge in [0.25, 0.3) is 0 Å². The summed E-state index contributed by atoms with van der Waals surface area (Å²) >= 11 is 0. The van der Waals surface area contributed by atoms with Crippen molar-refractivity contribution in [2.24, 2.45) is 40.4 Å². The molecular formula is C25H52. The molecule has 3 aliphatic carbocycles. The van der Waals surface area contributed by atoms with Crippen LogP contribution in [-0.4, -0.2) is 0 Å². The lowest BCUT2D eigenvalue weighted by Gasteiger charge is -2.52. The Morgan fingerprint density at radius 1 is 0.640 bits per heavy atom. The molecule has 0 saturated heterocycles. The van der Waals surface area contributed by atoms with Gasteiger partial charge >= 0.3 is 0 Å². The van der Waals surface area contributed by atoms with Crippen molar-refractivity contribution < 1.29 is 0 Å². The highest BCUT2D eigenvalue weighted by Crippen LogP contribution is 2.63. The van der Waals surface area contributed by atoms with Gasteiger partial charge in [-0.15, -0.1) is 0 Å². The van der Waals surface area contributed by atoms with Crippen molar-refractivity contribution in [3.05, 3.63) is 0 Å². The van der Waals surface area contributed by atoms with E-state index in [0.717, 1.165) is 29.6 Å². The highest BCUT2D eigenvalue weighted by Gasteiger charge is 2.55. The van der Waals surface area contributed by atoms with E-state index in [9.17, 15) is 0 Å². The second kappa shape index (κ2) is 11.0. The summed E-state index contributed by atoms with van der Waals surface area (Å²) in [7, 11) is 0. The van der Waals surface area contributed by atoms with Gasteiger partial charge in [-0.25, -0.2) is 0 Å². The van der Waals surface area contributed by atoms with Crippen LogP contribution in [0, 0.1) is 40.4 Å². The molecule has 0 aromatic heterocycles. The Balaban J connectivity index is 0.000000871. The maximum Gasteiger partial charge on any atom is -0.0269 e. The van der Waals surface area contributed by atoms with E-state index in [1.54, 1.807) is 0 Å². The first-order valence-electron chi connectivity index (χ1n) is 11.8. The van der Waals surface area contributed by atoms with Crippen molar-refractivity contribution in [2.75, 3.05) is 0 Å². The highest BCUT2D eigenvalue weighted by atomic mass is 14.6. The van der Waals surface area contributed by atoms with Crippen LogP contribution in [0.25, 0.3) is 0 Å². The normalized spacial score (nSPS) is 41.2. The average molecular weight is 353 g/mol. The first kappa shape index (κ1) is 25.0. The van der Waals surface area contributed by atoms with Gasteiger partial charge in [-0.2, -0.15) is 0 Å². The van der Waals surface area contributed by atoms with Crippen LogP contribution in [0.1, 0.15) is 121 Å². The lowest BCUT2D eigenvalue weighted by Crippen LogP contribution is -2.44. The van der Waals surface area contributed by atoms with Crippen molar-refractivity contribution >= 4 is 0 Å². The molecule has 0 radical (unpaired) electrons. The Labute approximate surface area is 161 Å². The zero-order valence-electron chi connectivity index (χ0n) is 19.8. The molecule has 6 unspecified atom stereocenters. The van der Waals surface area contributed by atoms with E-state index in [2.05, 4.69) is 34.6 Å². The average Bonchev–Trinajstić information content (AvgIpc) is 2.88. The summed E-state index contributed by atoms with van der Waals surface area (Å²) < 4.78 is 0. The Kier molecular flexibility index (Phi) is 11.0. The third kappa shape index (κ3) is 5.26. The fourth-order valence-electron chi connectivity index (χ4n) is 6.24. The van der Waals surface area contributed by atoms with Gasteiger partial charge in [0.2, 0.25) is 0 Å². The van der Waals surface area contributed by atoms with E-state index in [-0.39, 0.29) is 0 Å². The summed E-state index contributed by atoms with van der Waals surface area (Å²) in [4.78, 5) is 0. The van der Waals surface area contributed by atoms with Gasteiger partial charge in [-0.3, -0.25) is 0 Å². The Morgan fingerprint density at radius 2 is 1.20 bits per heavy atom. The summed E-state index contributed by atoms with van der Waals surface area (Å²) in [6, 6.07) is 0. The zero-order chi connectivity index (χ0) is 19.8. The SMILES string of the molecule is CC.CC.CC.CC1CCC(C)(C)C2CCC3(C)C(C)CCC3C2C1. The third-order valence-corrected chi connectivity index (χ3v) is 7.87. The number of fused-ring (bicyclic) bond motifs is 3. The van der Waals surface area contributed by atoms with Crippen LogP contribution in [0.5, 0.6) is 0 Å². The van der Waals surface area contributed by atoms with Gasteiger partial charge in [0.05, 0.1) is 0 Å². The molecule has 0 heterocycles. The van der Waals surface area contributed by atoms with Crippen molar-refractivity contribution in [1.82, 2.24) is 0 Å². The summed E-state index contributed by atoms with van der Waals surface area (Å²) in [5.74, 6) is 5.03. The van der Waals surface area contributed by atoms with Gasteiger partial charge in [0.15, 0.2) is 0 Å². The fraction of sp³-hybridized carbons (Fsp3) is 1.00. The molecule has 152 valence electrons. The maximum absolute atomic E-state index is 2.63. The molecular weight excluding hydrogens is 300 g/mol. The molecule has 0 nitrogen and oxygen atoms in total. The predicted octanol–water partition coefficient (Wildman–Crippen LogP) is 8.99. The van der Waals surface area contributed by atoms with Gasteiger partial charge in [-0.05, 0) is 78.9 Å². The minimum Gasteiger partial charge on any atom is -0.0683 e. The van der Waals surface area contributed by atoms with Crippen LogP contribution in [0.2, 0.25) is 0 Å². The first-order valence-corrected chi connectivity index (χ1v) is 11.8. The van der Waals surface area contributed by atoms with Crippen LogP contribution < -0.4 is 0 Å². The lowest BCUT2D eigenvalue weighted by molar-refractivity contribution is -0.0303. The second-order valence-corrected chi connectivity index (χ2v) is 9.27. The molecule has 0 N–H and O–H groups in total. The Morgan fingerprint density at radius 3 is 1.76 bits per heavy atom. The molecule has 0 spiro atoms. The molecule has 3 aliphatic rings. The molecule has 0 aromatic carbocycles. The van der Waals surface area contributed by atoms with Gasteiger partial charge in [0, 0.05) is 0 Å². The van der Waals surface area contributed by atoms with Crippen LogP contribution >= 0.6 is 0 Å². The van der Waals surface area contributed by atoms with Crippen molar-refractivity contribution in [3.63, 3.8) is 0 Å². The van der Waals surface area contributed by atoms with E-state index in [1.165, 1.54) is 44.9 Å². The topological polar surface area (TPSA) is 0 Å². The lowest BCUT2D eigenvalue weighted by atomic mass is 9.53. The Hall–Kier alpha value is 0. The Bertz CT molecular complexity index is 342. The van der Waals surface area contributed by atoms with Crippen LogP contribution in [0.15, 0.2) is 0 Å². The minimum atomic E-state index is 0.600. The minimum absolute atomic E-state index is 0.600. The monoisotopic (exact) mass is 352 g/mol. The molecule has 25 heavy (non-hydrogen) atoms. The first-order chi connectivity index (χ1) is 11.8. The molecule has 3 fully saturated rings. The van der Waals surface area contributed by atoms with Crippen molar-refractivity contribution in [2.45, 2.75) is 121 Å². The molecule has 3 rings (SSSR count). The van der Waals surface area contributed by atoms with Crippen LogP contribution in [0.3, 0.4) is 0 Å². The molecule has 0 amide bonds. The van der Waals surface area contributed by atoms with Gasteiger partial charge in [0.1, 0.15) is 0 Å². The van der Waals surface area contributed by atoms with Crippen molar-refractivity contribution in [1.29, 1.82) is 0 Å². The fourth-order valence-corrected chi connectivity index (χ4v) is 6.24. The zero-order valence-corrected chi connectivity index (χ0v) is 19.8. The molecule has 0 aromatic rings. The smallest absolute Gasteiger partial charge is 0.0269 e. The quantitative estimate of drug-likeness (QED) is 0.408. The molecule has 0 aliphatic heterocycles. The number of rotatable bonds is 0. The molecule has 6 atom stereocenters. The summed E-state index contributed by atoms with van der Waals surface area (Å²) in [6.07, 6.45) is 10.5. The summed E-state index contributed by atoms with van der Waals surface area (Å²) in [6.45, 7) is 24.8. The van der Waals surface area contributed by atoms with E-state index in [1.807, 2.05) is 41.5 Å². The van der Waals surface area contributed by atoms with Crippen LogP contribution in [0.4, 0.5) is 0 Å². The third-order valence-electron chi connectivity index (χ3n) is 7.87.